The minimum absolute atomic E-state index is 0.0165. The lowest BCUT2D eigenvalue weighted by atomic mass is 10.0. The number of Topliss-reactive ketones (excluding diaryl/α,β-unsaturated/α-hetero) is 1. The molecule has 156 valence electrons. The summed E-state index contributed by atoms with van der Waals surface area (Å²) in [4.78, 5) is 23.6. The van der Waals surface area contributed by atoms with E-state index in [1.807, 2.05) is 49.4 Å². The highest BCUT2D eigenvalue weighted by atomic mass is 32.2. The first-order valence-electron chi connectivity index (χ1n) is 9.65. The van der Waals surface area contributed by atoms with Crippen molar-refractivity contribution in [1.29, 1.82) is 0 Å². The maximum absolute atomic E-state index is 12.3. The number of hydrogen-bond donors (Lipinski definition) is 2. The Balaban J connectivity index is 1.53. The predicted molar refractivity (Wildman–Crippen MR) is 117 cm³/mol. The molecule has 0 heterocycles. The third-order valence-corrected chi connectivity index (χ3v) is 6.34. The van der Waals surface area contributed by atoms with Gasteiger partial charge in [0.1, 0.15) is 0 Å². The van der Waals surface area contributed by atoms with Crippen LogP contribution in [0, 0.1) is 0 Å². The molecule has 2 N–H and O–H groups in total. The van der Waals surface area contributed by atoms with Crippen LogP contribution in [-0.2, 0) is 14.8 Å². The average molecular weight is 425 g/mol. The van der Waals surface area contributed by atoms with E-state index in [4.69, 9.17) is 0 Å². The summed E-state index contributed by atoms with van der Waals surface area (Å²) in [6, 6.07) is 19.5. The topological polar surface area (TPSA) is 92.3 Å². The summed E-state index contributed by atoms with van der Waals surface area (Å²) in [6.07, 6.45) is 0.0165. The first kappa shape index (κ1) is 21.7. The van der Waals surface area contributed by atoms with Crippen LogP contribution in [0.4, 0.5) is 0 Å². The number of ketones is 1. The number of nitrogens with one attached hydrogen (secondary N) is 2. The number of benzene rings is 3. The summed E-state index contributed by atoms with van der Waals surface area (Å²) in [5, 5.41) is 5.12. The van der Waals surface area contributed by atoms with Gasteiger partial charge < -0.3 is 5.32 Å². The van der Waals surface area contributed by atoms with Crippen LogP contribution < -0.4 is 10.0 Å². The van der Waals surface area contributed by atoms with E-state index in [0.717, 1.165) is 16.3 Å². The number of carbonyl (C=O) groups is 2. The van der Waals surface area contributed by atoms with Crippen molar-refractivity contribution in [3.05, 3.63) is 77.9 Å². The SMILES string of the molecule is CC(=O)c1ccc(S(=O)(=O)NCCC(=O)NC(C)c2ccc3ccccc3c2)cc1. The molecular formula is C23H24N2O4S. The molecule has 0 bridgehead atoms. The Morgan fingerprint density at radius 3 is 2.27 bits per heavy atom. The zero-order valence-electron chi connectivity index (χ0n) is 16.9. The molecule has 0 radical (unpaired) electrons. The van der Waals surface area contributed by atoms with Gasteiger partial charge in [-0.3, -0.25) is 9.59 Å². The number of fused-ring (bicyclic) bond motifs is 1. The monoisotopic (exact) mass is 424 g/mol. The molecule has 3 rings (SSSR count). The molecule has 1 unspecified atom stereocenters. The third-order valence-electron chi connectivity index (χ3n) is 4.87. The fourth-order valence-electron chi connectivity index (χ4n) is 3.13. The zero-order valence-corrected chi connectivity index (χ0v) is 17.7. The van der Waals surface area contributed by atoms with E-state index in [1.54, 1.807) is 0 Å². The fourth-order valence-corrected chi connectivity index (χ4v) is 4.16. The van der Waals surface area contributed by atoms with Crippen LogP contribution in [0.25, 0.3) is 10.8 Å². The molecule has 7 heteroatoms. The Morgan fingerprint density at radius 1 is 0.933 bits per heavy atom. The molecule has 30 heavy (non-hydrogen) atoms. The van der Waals surface area contributed by atoms with E-state index in [9.17, 15) is 18.0 Å². The van der Waals surface area contributed by atoms with Crippen LogP contribution in [0.5, 0.6) is 0 Å². The lowest BCUT2D eigenvalue weighted by Gasteiger charge is -2.15. The maximum atomic E-state index is 12.3. The van der Waals surface area contributed by atoms with E-state index in [0.29, 0.717) is 5.56 Å². The number of hydrogen-bond acceptors (Lipinski definition) is 4. The van der Waals surface area contributed by atoms with Gasteiger partial charge in [-0.15, -0.1) is 0 Å². The van der Waals surface area contributed by atoms with Crippen molar-refractivity contribution < 1.29 is 18.0 Å². The summed E-state index contributed by atoms with van der Waals surface area (Å²) in [6.45, 7) is 3.29. The van der Waals surface area contributed by atoms with Crippen molar-refractivity contribution in [3.8, 4) is 0 Å². The molecule has 0 aromatic heterocycles. The Morgan fingerprint density at radius 2 is 1.60 bits per heavy atom. The Hall–Kier alpha value is -3.03. The lowest BCUT2D eigenvalue weighted by molar-refractivity contribution is -0.121. The van der Waals surface area contributed by atoms with Gasteiger partial charge in [0.25, 0.3) is 0 Å². The first-order valence-corrected chi connectivity index (χ1v) is 11.1. The summed E-state index contributed by atoms with van der Waals surface area (Å²) in [5.74, 6) is -0.380. The summed E-state index contributed by atoms with van der Waals surface area (Å²) >= 11 is 0. The van der Waals surface area contributed by atoms with Crippen LogP contribution in [0.2, 0.25) is 0 Å². The van der Waals surface area contributed by atoms with E-state index in [2.05, 4.69) is 10.0 Å². The van der Waals surface area contributed by atoms with Crippen LogP contribution in [0.3, 0.4) is 0 Å². The minimum atomic E-state index is -3.74. The van der Waals surface area contributed by atoms with E-state index in [-0.39, 0.29) is 35.6 Å². The zero-order chi connectivity index (χ0) is 21.7. The Kier molecular flexibility index (Phi) is 6.64. The number of carbonyl (C=O) groups excluding carboxylic acids is 2. The van der Waals surface area contributed by atoms with Gasteiger partial charge in [0.05, 0.1) is 10.9 Å². The van der Waals surface area contributed by atoms with Gasteiger partial charge in [0.15, 0.2) is 5.78 Å². The summed E-state index contributed by atoms with van der Waals surface area (Å²) in [7, 11) is -3.74. The average Bonchev–Trinajstić information content (AvgIpc) is 2.73. The van der Waals surface area contributed by atoms with Crippen molar-refractivity contribution in [2.45, 2.75) is 31.2 Å². The van der Waals surface area contributed by atoms with Crippen LogP contribution in [0.15, 0.2) is 71.6 Å². The molecular weight excluding hydrogens is 400 g/mol. The molecule has 3 aromatic carbocycles. The van der Waals surface area contributed by atoms with Gasteiger partial charge in [-0.05, 0) is 48.4 Å². The van der Waals surface area contributed by atoms with Crippen LogP contribution in [0.1, 0.15) is 42.2 Å². The second-order valence-corrected chi connectivity index (χ2v) is 8.89. The van der Waals surface area contributed by atoms with Crippen molar-refractivity contribution in [2.75, 3.05) is 6.54 Å². The summed E-state index contributed by atoms with van der Waals surface area (Å²) < 4.78 is 27.1. The van der Waals surface area contributed by atoms with Gasteiger partial charge >= 0.3 is 0 Å². The molecule has 0 saturated heterocycles. The molecule has 0 fully saturated rings. The highest BCUT2D eigenvalue weighted by Gasteiger charge is 2.15. The van der Waals surface area contributed by atoms with Crippen LogP contribution >= 0.6 is 0 Å². The molecule has 3 aromatic rings. The number of sulfonamides is 1. The molecule has 0 spiro atoms. The highest BCUT2D eigenvalue weighted by Crippen LogP contribution is 2.20. The minimum Gasteiger partial charge on any atom is -0.350 e. The van der Waals surface area contributed by atoms with E-state index >= 15 is 0 Å². The molecule has 6 nitrogen and oxygen atoms in total. The Labute approximate surface area is 176 Å². The molecule has 0 saturated carbocycles. The van der Waals surface area contributed by atoms with E-state index < -0.39 is 10.0 Å². The third kappa shape index (κ3) is 5.31. The number of rotatable bonds is 8. The van der Waals surface area contributed by atoms with Crippen molar-refractivity contribution in [3.63, 3.8) is 0 Å². The van der Waals surface area contributed by atoms with Gasteiger partial charge in [-0.1, -0.05) is 48.5 Å². The fraction of sp³-hybridized carbons (Fsp3) is 0.217. The molecule has 1 atom stereocenters. The van der Waals surface area contributed by atoms with Gasteiger partial charge in [0, 0.05) is 18.5 Å². The van der Waals surface area contributed by atoms with Crippen LogP contribution in [-0.4, -0.2) is 26.7 Å². The first-order chi connectivity index (χ1) is 14.3. The van der Waals surface area contributed by atoms with Gasteiger partial charge in [-0.25, -0.2) is 13.1 Å². The van der Waals surface area contributed by atoms with Gasteiger partial charge in [-0.2, -0.15) is 0 Å². The Bertz CT molecular complexity index is 1170. The lowest BCUT2D eigenvalue weighted by Crippen LogP contribution is -2.32. The molecule has 0 aliphatic heterocycles. The van der Waals surface area contributed by atoms with E-state index in [1.165, 1.54) is 31.2 Å². The molecule has 0 aliphatic carbocycles. The quantitative estimate of drug-likeness (QED) is 0.541. The highest BCUT2D eigenvalue weighted by molar-refractivity contribution is 7.89. The van der Waals surface area contributed by atoms with Crippen molar-refractivity contribution >= 4 is 32.5 Å². The molecule has 1 amide bonds. The van der Waals surface area contributed by atoms with Crippen molar-refractivity contribution in [1.82, 2.24) is 10.0 Å². The van der Waals surface area contributed by atoms with Gasteiger partial charge in [0.2, 0.25) is 15.9 Å². The largest absolute Gasteiger partial charge is 0.350 e. The second-order valence-electron chi connectivity index (χ2n) is 7.12. The van der Waals surface area contributed by atoms with Crippen molar-refractivity contribution in [2.24, 2.45) is 0 Å². The molecule has 0 aliphatic rings. The predicted octanol–water partition coefficient (Wildman–Crippen LogP) is 3.59. The maximum Gasteiger partial charge on any atom is 0.240 e. The standard InChI is InChI=1S/C23H24N2O4S/c1-16(20-8-7-19-5-3-4-6-21(19)15-20)25-23(27)13-14-24-30(28,29)22-11-9-18(10-12-22)17(2)26/h3-12,15-16,24H,13-14H2,1-2H3,(H,25,27). The second kappa shape index (κ2) is 9.19. The normalized spacial score (nSPS) is 12.5. The summed E-state index contributed by atoms with van der Waals surface area (Å²) in [5.41, 5.74) is 1.42. The number of amides is 1. The smallest absolute Gasteiger partial charge is 0.240 e.